The first kappa shape index (κ1) is 14.1. The molecule has 0 saturated heterocycles. The van der Waals surface area contributed by atoms with Crippen molar-refractivity contribution in [1.29, 1.82) is 0 Å². The Bertz CT molecular complexity index is 620. The molecule has 0 aliphatic rings. The molecule has 0 saturated carbocycles. The Kier molecular flexibility index (Phi) is 4.41. The summed E-state index contributed by atoms with van der Waals surface area (Å²) in [6.07, 6.45) is 0. The molecule has 2 aromatic rings. The number of carbonyl (C=O) groups excluding carboxylic acids is 1. The molecule has 104 valence electrons. The molecule has 1 N–H and O–H groups in total. The van der Waals surface area contributed by atoms with Gasteiger partial charge in [-0.3, -0.25) is 4.79 Å². The van der Waals surface area contributed by atoms with Crippen LogP contribution < -0.4 is 10.1 Å². The quantitative estimate of drug-likeness (QED) is 0.925. The van der Waals surface area contributed by atoms with Crippen LogP contribution in [0.2, 0.25) is 0 Å². The number of rotatable bonds is 4. The summed E-state index contributed by atoms with van der Waals surface area (Å²) in [7, 11) is 1.63. The fraction of sp³-hybridized carbons (Fsp3) is 0.235. The normalized spacial score (nSPS) is 10.2. The Balaban J connectivity index is 2.05. The predicted molar refractivity (Wildman–Crippen MR) is 80.1 cm³/mol. The highest BCUT2D eigenvalue weighted by Gasteiger charge is 2.08. The van der Waals surface area contributed by atoms with E-state index in [2.05, 4.69) is 5.32 Å². The minimum absolute atomic E-state index is 0.0704. The highest BCUT2D eigenvalue weighted by molar-refractivity contribution is 5.94. The van der Waals surface area contributed by atoms with E-state index in [0.29, 0.717) is 12.1 Å². The fourth-order valence-electron chi connectivity index (χ4n) is 2.11. The van der Waals surface area contributed by atoms with Crippen molar-refractivity contribution in [2.45, 2.75) is 20.4 Å². The summed E-state index contributed by atoms with van der Waals surface area (Å²) in [5.41, 5.74) is 3.91. The van der Waals surface area contributed by atoms with Crippen molar-refractivity contribution in [2.75, 3.05) is 7.11 Å². The number of aryl methyl sites for hydroxylation is 2. The number of benzene rings is 2. The van der Waals surface area contributed by atoms with Crippen LogP contribution >= 0.6 is 0 Å². The zero-order valence-corrected chi connectivity index (χ0v) is 12.1. The van der Waals surface area contributed by atoms with Crippen LogP contribution in [0.1, 0.15) is 27.0 Å². The molecule has 0 spiro atoms. The first-order valence-electron chi connectivity index (χ1n) is 6.59. The van der Waals surface area contributed by atoms with Crippen LogP contribution in [0.15, 0.2) is 42.5 Å². The van der Waals surface area contributed by atoms with E-state index in [1.165, 1.54) is 5.56 Å². The van der Waals surface area contributed by atoms with E-state index < -0.39 is 0 Å². The number of amides is 1. The highest BCUT2D eigenvalue weighted by atomic mass is 16.5. The standard InChI is InChI=1S/C17H19NO2/c1-12-6-4-5-7-15(12)11-18-17(19)14-8-9-16(20-3)13(2)10-14/h4-10H,11H2,1-3H3,(H,18,19). The lowest BCUT2D eigenvalue weighted by Gasteiger charge is -2.10. The molecule has 0 aromatic heterocycles. The minimum Gasteiger partial charge on any atom is -0.496 e. The van der Waals surface area contributed by atoms with E-state index >= 15 is 0 Å². The second-order valence-electron chi connectivity index (χ2n) is 4.79. The molecule has 0 atom stereocenters. The average Bonchev–Trinajstić information content (AvgIpc) is 2.46. The molecular weight excluding hydrogens is 250 g/mol. The number of carbonyl (C=O) groups is 1. The second-order valence-corrected chi connectivity index (χ2v) is 4.79. The smallest absolute Gasteiger partial charge is 0.251 e. The predicted octanol–water partition coefficient (Wildman–Crippen LogP) is 3.24. The third-order valence-corrected chi connectivity index (χ3v) is 3.36. The van der Waals surface area contributed by atoms with Gasteiger partial charge in [0.25, 0.3) is 5.91 Å². The number of hydrogen-bond donors (Lipinski definition) is 1. The Morgan fingerprint density at radius 3 is 2.50 bits per heavy atom. The van der Waals surface area contributed by atoms with Gasteiger partial charge in [-0.1, -0.05) is 24.3 Å². The zero-order chi connectivity index (χ0) is 14.5. The summed E-state index contributed by atoms with van der Waals surface area (Å²) >= 11 is 0. The van der Waals surface area contributed by atoms with E-state index in [0.717, 1.165) is 16.9 Å². The van der Waals surface area contributed by atoms with E-state index in [4.69, 9.17) is 4.74 Å². The van der Waals surface area contributed by atoms with Crippen molar-refractivity contribution in [2.24, 2.45) is 0 Å². The molecule has 2 aromatic carbocycles. The van der Waals surface area contributed by atoms with E-state index in [9.17, 15) is 4.79 Å². The van der Waals surface area contributed by atoms with Crippen LogP contribution in [0, 0.1) is 13.8 Å². The lowest BCUT2D eigenvalue weighted by molar-refractivity contribution is 0.0951. The topological polar surface area (TPSA) is 38.3 Å². The van der Waals surface area contributed by atoms with Crippen LogP contribution in [0.3, 0.4) is 0 Å². The molecule has 0 radical (unpaired) electrons. The van der Waals surface area contributed by atoms with Gasteiger partial charge in [0.15, 0.2) is 0 Å². The number of hydrogen-bond acceptors (Lipinski definition) is 2. The van der Waals surface area contributed by atoms with Gasteiger partial charge in [0.2, 0.25) is 0 Å². The molecule has 3 heteroatoms. The maximum Gasteiger partial charge on any atom is 0.251 e. The molecule has 0 heterocycles. The summed E-state index contributed by atoms with van der Waals surface area (Å²) < 4.78 is 5.19. The zero-order valence-electron chi connectivity index (χ0n) is 12.1. The Morgan fingerprint density at radius 2 is 1.85 bits per heavy atom. The van der Waals surface area contributed by atoms with Crippen LogP contribution in [0.5, 0.6) is 5.75 Å². The molecule has 1 amide bonds. The lowest BCUT2D eigenvalue weighted by atomic mass is 10.1. The molecule has 2 rings (SSSR count). The van der Waals surface area contributed by atoms with Gasteiger partial charge < -0.3 is 10.1 Å². The maximum atomic E-state index is 12.1. The molecule has 0 unspecified atom stereocenters. The summed E-state index contributed by atoms with van der Waals surface area (Å²) in [5.74, 6) is 0.722. The SMILES string of the molecule is COc1ccc(C(=O)NCc2ccccc2C)cc1C. The third-order valence-electron chi connectivity index (χ3n) is 3.36. The molecule has 3 nitrogen and oxygen atoms in total. The Labute approximate surface area is 119 Å². The van der Waals surface area contributed by atoms with Crippen LogP contribution in [0.25, 0.3) is 0 Å². The first-order valence-corrected chi connectivity index (χ1v) is 6.59. The van der Waals surface area contributed by atoms with E-state index in [1.54, 1.807) is 13.2 Å². The number of ether oxygens (including phenoxy) is 1. The number of nitrogens with one attached hydrogen (secondary N) is 1. The van der Waals surface area contributed by atoms with E-state index in [-0.39, 0.29) is 5.91 Å². The monoisotopic (exact) mass is 269 g/mol. The third kappa shape index (κ3) is 3.18. The number of methoxy groups -OCH3 is 1. The van der Waals surface area contributed by atoms with Gasteiger partial charge in [-0.05, 0) is 48.7 Å². The van der Waals surface area contributed by atoms with Crippen molar-refractivity contribution < 1.29 is 9.53 Å². The fourth-order valence-corrected chi connectivity index (χ4v) is 2.11. The average molecular weight is 269 g/mol. The first-order chi connectivity index (χ1) is 9.61. The summed E-state index contributed by atoms with van der Waals surface area (Å²) in [4.78, 5) is 12.1. The summed E-state index contributed by atoms with van der Waals surface area (Å²) in [5, 5.41) is 2.94. The molecule has 20 heavy (non-hydrogen) atoms. The van der Waals surface area contributed by atoms with Gasteiger partial charge in [-0.15, -0.1) is 0 Å². The molecule has 0 aliphatic carbocycles. The van der Waals surface area contributed by atoms with Crippen molar-refractivity contribution in [3.05, 3.63) is 64.7 Å². The minimum atomic E-state index is -0.0704. The van der Waals surface area contributed by atoms with Gasteiger partial charge in [0.1, 0.15) is 5.75 Å². The summed E-state index contributed by atoms with van der Waals surface area (Å²) in [6, 6.07) is 13.5. The van der Waals surface area contributed by atoms with Crippen LogP contribution in [-0.2, 0) is 6.54 Å². The van der Waals surface area contributed by atoms with Crippen molar-refractivity contribution >= 4 is 5.91 Å². The molecular formula is C17H19NO2. The Morgan fingerprint density at radius 1 is 1.10 bits per heavy atom. The molecule has 0 bridgehead atoms. The summed E-state index contributed by atoms with van der Waals surface area (Å²) in [6.45, 7) is 4.51. The molecule has 0 aliphatic heterocycles. The van der Waals surface area contributed by atoms with Crippen molar-refractivity contribution in [3.63, 3.8) is 0 Å². The second kappa shape index (κ2) is 6.24. The lowest BCUT2D eigenvalue weighted by Crippen LogP contribution is -2.23. The Hall–Kier alpha value is -2.29. The highest BCUT2D eigenvalue weighted by Crippen LogP contribution is 2.18. The van der Waals surface area contributed by atoms with Gasteiger partial charge >= 0.3 is 0 Å². The van der Waals surface area contributed by atoms with Crippen LogP contribution in [-0.4, -0.2) is 13.0 Å². The molecule has 0 fully saturated rings. The van der Waals surface area contributed by atoms with Crippen molar-refractivity contribution in [3.8, 4) is 5.75 Å². The van der Waals surface area contributed by atoms with Gasteiger partial charge in [0, 0.05) is 12.1 Å². The maximum absolute atomic E-state index is 12.1. The van der Waals surface area contributed by atoms with E-state index in [1.807, 2.05) is 50.2 Å². The van der Waals surface area contributed by atoms with Crippen LogP contribution in [0.4, 0.5) is 0 Å². The van der Waals surface area contributed by atoms with Crippen molar-refractivity contribution in [1.82, 2.24) is 5.32 Å². The van der Waals surface area contributed by atoms with Gasteiger partial charge in [0.05, 0.1) is 7.11 Å². The van der Waals surface area contributed by atoms with Gasteiger partial charge in [-0.25, -0.2) is 0 Å². The van der Waals surface area contributed by atoms with Gasteiger partial charge in [-0.2, -0.15) is 0 Å². The largest absolute Gasteiger partial charge is 0.496 e.